The third kappa shape index (κ3) is 5.02. The van der Waals surface area contributed by atoms with E-state index in [0.29, 0.717) is 31.3 Å². The molecular formula is C19H21ClN8O4S. The fourth-order valence-corrected chi connectivity index (χ4v) is 4.43. The van der Waals surface area contributed by atoms with Crippen LogP contribution in [0.1, 0.15) is 15.9 Å². The second kappa shape index (κ2) is 9.11. The SMILES string of the molecule is N=C1C(=O)c2ccc(Nc3nc(Cl)nc(N4CCN(CCN)CC4)n3)cc2C=C1S(=O)(=O)O. The van der Waals surface area contributed by atoms with E-state index in [1.165, 1.54) is 12.1 Å². The zero-order chi connectivity index (χ0) is 23.8. The number of carbonyl (C=O) groups excluding carboxylic acids is 1. The molecule has 1 fully saturated rings. The van der Waals surface area contributed by atoms with Crippen molar-refractivity contribution in [2.24, 2.45) is 5.73 Å². The number of halogens is 1. The number of aromatic nitrogens is 3. The number of fused-ring (bicyclic) bond motifs is 1. The van der Waals surface area contributed by atoms with Crippen LogP contribution in [-0.4, -0.2) is 83.6 Å². The molecule has 0 spiro atoms. The number of Topliss-reactive ketones (excluding diaryl/α,β-unsaturated/α-hetero) is 1. The van der Waals surface area contributed by atoms with Gasteiger partial charge in [-0.2, -0.15) is 23.4 Å². The van der Waals surface area contributed by atoms with Crippen molar-refractivity contribution in [2.75, 3.05) is 49.5 Å². The van der Waals surface area contributed by atoms with Crippen molar-refractivity contribution in [3.8, 4) is 0 Å². The van der Waals surface area contributed by atoms with E-state index in [-0.39, 0.29) is 22.4 Å². The maximum atomic E-state index is 12.3. The number of allylic oxidation sites excluding steroid dienone is 1. The van der Waals surface area contributed by atoms with Crippen molar-refractivity contribution < 1.29 is 17.8 Å². The summed E-state index contributed by atoms with van der Waals surface area (Å²) in [6.07, 6.45) is 1.08. The van der Waals surface area contributed by atoms with Gasteiger partial charge < -0.3 is 16.0 Å². The Morgan fingerprint density at radius 2 is 1.91 bits per heavy atom. The molecule has 1 aromatic carbocycles. The van der Waals surface area contributed by atoms with Crippen LogP contribution in [0.15, 0.2) is 23.1 Å². The first-order chi connectivity index (χ1) is 15.7. The average Bonchev–Trinajstić information content (AvgIpc) is 2.76. The van der Waals surface area contributed by atoms with Crippen molar-refractivity contribution in [1.29, 1.82) is 5.41 Å². The molecule has 12 nitrogen and oxygen atoms in total. The van der Waals surface area contributed by atoms with Gasteiger partial charge in [0.05, 0.1) is 0 Å². The molecule has 174 valence electrons. The lowest BCUT2D eigenvalue weighted by Crippen LogP contribution is -2.48. The van der Waals surface area contributed by atoms with Crippen LogP contribution in [-0.2, 0) is 10.1 Å². The summed E-state index contributed by atoms with van der Waals surface area (Å²) in [4.78, 5) is 28.6. The minimum absolute atomic E-state index is 0.00188. The largest absolute Gasteiger partial charge is 0.338 e. The molecule has 0 saturated carbocycles. The standard InChI is InChI=1S/C19H21ClN8O4S/c20-17-24-18(26-19(25-17)28-7-5-27(4-3-21)6-8-28)23-12-1-2-13-11(9-12)10-14(33(30,31)32)15(22)16(13)29/h1-2,9-10,22H,3-8,21H2,(H,30,31,32)(H,23,24,25,26). The van der Waals surface area contributed by atoms with Crippen LogP contribution in [0.25, 0.3) is 6.08 Å². The zero-order valence-corrected chi connectivity index (χ0v) is 18.9. The van der Waals surface area contributed by atoms with E-state index >= 15 is 0 Å². The van der Waals surface area contributed by atoms with Gasteiger partial charge in [-0.15, -0.1) is 0 Å². The summed E-state index contributed by atoms with van der Waals surface area (Å²) in [7, 11) is -4.72. The molecule has 1 saturated heterocycles. The summed E-state index contributed by atoms with van der Waals surface area (Å²) >= 11 is 6.11. The first kappa shape index (κ1) is 23.2. The molecule has 14 heteroatoms. The van der Waals surface area contributed by atoms with Crippen LogP contribution in [0.4, 0.5) is 17.6 Å². The fourth-order valence-electron chi connectivity index (χ4n) is 3.65. The first-order valence-corrected chi connectivity index (χ1v) is 11.8. The van der Waals surface area contributed by atoms with Crippen LogP contribution in [0.2, 0.25) is 5.28 Å². The summed E-state index contributed by atoms with van der Waals surface area (Å²) in [6.45, 7) is 4.47. The lowest BCUT2D eigenvalue weighted by atomic mass is 9.94. The highest BCUT2D eigenvalue weighted by Gasteiger charge is 2.31. The molecule has 0 amide bonds. The maximum absolute atomic E-state index is 12.3. The molecule has 2 heterocycles. The summed E-state index contributed by atoms with van der Waals surface area (Å²) in [5.74, 6) is -0.214. The number of benzene rings is 1. The number of nitrogens with one attached hydrogen (secondary N) is 2. The molecule has 5 N–H and O–H groups in total. The minimum atomic E-state index is -4.72. The Morgan fingerprint density at radius 3 is 2.58 bits per heavy atom. The topological polar surface area (TPSA) is 178 Å². The van der Waals surface area contributed by atoms with Gasteiger partial charge in [0.2, 0.25) is 23.0 Å². The van der Waals surface area contributed by atoms with Gasteiger partial charge in [-0.25, -0.2) is 0 Å². The van der Waals surface area contributed by atoms with Gasteiger partial charge in [-0.05, 0) is 41.4 Å². The number of nitrogens with two attached hydrogens (primary N) is 1. The Labute approximate surface area is 194 Å². The number of anilines is 3. The third-order valence-corrected chi connectivity index (χ3v) is 6.33. The van der Waals surface area contributed by atoms with Crippen molar-refractivity contribution in [1.82, 2.24) is 19.9 Å². The van der Waals surface area contributed by atoms with E-state index in [1.807, 2.05) is 4.90 Å². The molecule has 2 aromatic rings. The van der Waals surface area contributed by atoms with E-state index in [2.05, 4.69) is 25.2 Å². The molecule has 2 aliphatic rings. The highest BCUT2D eigenvalue weighted by atomic mass is 35.5. The fraction of sp³-hybridized carbons (Fsp3) is 0.316. The predicted molar refractivity (Wildman–Crippen MR) is 124 cm³/mol. The summed E-state index contributed by atoms with van der Waals surface area (Å²) in [5, 5.41) is 10.7. The summed E-state index contributed by atoms with van der Waals surface area (Å²) in [5.41, 5.74) is 5.64. The number of hydrogen-bond donors (Lipinski definition) is 4. The normalized spacial score (nSPS) is 17.1. The molecule has 0 atom stereocenters. The molecule has 0 bridgehead atoms. The van der Waals surface area contributed by atoms with E-state index in [9.17, 15) is 17.8 Å². The van der Waals surface area contributed by atoms with Crippen LogP contribution in [0, 0.1) is 5.41 Å². The number of nitrogens with zero attached hydrogens (tertiary/aromatic N) is 5. The van der Waals surface area contributed by atoms with Crippen LogP contribution < -0.4 is 16.0 Å². The van der Waals surface area contributed by atoms with Crippen LogP contribution in [0.3, 0.4) is 0 Å². The predicted octanol–water partition coefficient (Wildman–Crippen LogP) is 0.794. The molecular weight excluding hydrogens is 472 g/mol. The van der Waals surface area contributed by atoms with E-state index < -0.39 is 26.5 Å². The van der Waals surface area contributed by atoms with Crippen LogP contribution in [0.5, 0.6) is 0 Å². The second-order valence-electron chi connectivity index (χ2n) is 7.46. The van der Waals surface area contributed by atoms with Gasteiger partial charge in [-0.1, -0.05) is 0 Å². The molecule has 1 aliphatic carbocycles. The quantitative estimate of drug-likeness (QED) is 0.419. The Balaban J connectivity index is 1.58. The highest BCUT2D eigenvalue weighted by Crippen LogP contribution is 2.28. The molecule has 33 heavy (non-hydrogen) atoms. The first-order valence-electron chi connectivity index (χ1n) is 9.98. The highest BCUT2D eigenvalue weighted by molar-refractivity contribution is 7.91. The Kier molecular flexibility index (Phi) is 6.41. The number of ketones is 1. The van der Waals surface area contributed by atoms with Gasteiger partial charge in [0, 0.05) is 50.5 Å². The van der Waals surface area contributed by atoms with Crippen molar-refractivity contribution in [3.05, 3.63) is 39.5 Å². The molecule has 0 unspecified atom stereocenters. The van der Waals surface area contributed by atoms with Gasteiger partial charge in [0.15, 0.2) is 0 Å². The Hall–Kier alpha value is -2.97. The van der Waals surface area contributed by atoms with Gasteiger partial charge >= 0.3 is 0 Å². The monoisotopic (exact) mass is 492 g/mol. The molecule has 4 rings (SSSR count). The van der Waals surface area contributed by atoms with Gasteiger partial charge in [0.25, 0.3) is 10.1 Å². The van der Waals surface area contributed by atoms with Crippen molar-refractivity contribution in [2.45, 2.75) is 0 Å². The third-order valence-electron chi connectivity index (χ3n) is 5.29. The van der Waals surface area contributed by atoms with Crippen LogP contribution >= 0.6 is 11.6 Å². The lowest BCUT2D eigenvalue weighted by molar-refractivity contribution is 0.106. The van der Waals surface area contributed by atoms with E-state index in [0.717, 1.165) is 25.7 Å². The number of rotatable bonds is 6. The van der Waals surface area contributed by atoms with E-state index in [4.69, 9.17) is 22.7 Å². The van der Waals surface area contributed by atoms with E-state index in [1.54, 1.807) is 6.07 Å². The second-order valence-corrected chi connectivity index (χ2v) is 9.19. The minimum Gasteiger partial charge on any atom is -0.338 e. The smallest absolute Gasteiger partial charge is 0.296 e. The summed E-state index contributed by atoms with van der Waals surface area (Å²) in [6, 6.07) is 4.51. The number of piperazine rings is 1. The Bertz CT molecular complexity index is 1260. The summed E-state index contributed by atoms with van der Waals surface area (Å²) < 4.78 is 32.4. The van der Waals surface area contributed by atoms with Crippen molar-refractivity contribution >= 4 is 56.9 Å². The average molecular weight is 493 g/mol. The lowest BCUT2D eigenvalue weighted by Gasteiger charge is -2.34. The van der Waals surface area contributed by atoms with Gasteiger partial charge in [-0.3, -0.25) is 19.7 Å². The number of carbonyl (C=O) groups is 1. The molecule has 0 radical (unpaired) electrons. The molecule has 1 aromatic heterocycles. The van der Waals surface area contributed by atoms with Crippen molar-refractivity contribution in [3.63, 3.8) is 0 Å². The van der Waals surface area contributed by atoms with Gasteiger partial charge in [0.1, 0.15) is 10.6 Å². The number of hydrogen-bond acceptors (Lipinski definition) is 11. The zero-order valence-electron chi connectivity index (χ0n) is 17.3. The maximum Gasteiger partial charge on any atom is 0.296 e. The Morgan fingerprint density at radius 1 is 1.18 bits per heavy atom. The molecule has 1 aliphatic heterocycles.